The summed E-state index contributed by atoms with van der Waals surface area (Å²) in [7, 11) is -3.82. The first-order valence-electron chi connectivity index (χ1n) is 16.2. The predicted octanol–water partition coefficient (Wildman–Crippen LogP) is 10.1. The van der Waals surface area contributed by atoms with Crippen molar-refractivity contribution in [2.45, 2.75) is 154 Å². The fourth-order valence-corrected chi connectivity index (χ4v) is 8.43. The van der Waals surface area contributed by atoms with Crippen molar-refractivity contribution in [3.8, 4) is 0 Å². The van der Waals surface area contributed by atoms with Gasteiger partial charge < -0.3 is 19.3 Å². The lowest BCUT2D eigenvalue weighted by Gasteiger charge is -2.47. The molecular formula is C35H61NO3Si2. The van der Waals surface area contributed by atoms with E-state index in [0.717, 1.165) is 44.2 Å². The molecule has 4 rings (SSSR count). The third kappa shape index (κ3) is 7.08. The molecule has 1 unspecified atom stereocenters. The van der Waals surface area contributed by atoms with E-state index in [1.165, 1.54) is 23.1 Å². The molecule has 1 aromatic rings. The maximum absolute atomic E-state index is 7.19. The van der Waals surface area contributed by atoms with E-state index in [4.69, 9.17) is 19.3 Å². The average molecular weight is 600 g/mol. The van der Waals surface area contributed by atoms with Gasteiger partial charge in [-0.05, 0) is 116 Å². The van der Waals surface area contributed by atoms with Crippen molar-refractivity contribution in [2.24, 2.45) is 5.41 Å². The summed E-state index contributed by atoms with van der Waals surface area (Å²) in [5.41, 5.74) is 11.4. The van der Waals surface area contributed by atoms with Crippen LogP contribution in [0.5, 0.6) is 0 Å². The van der Waals surface area contributed by atoms with Gasteiger partial charge in [-0.2, -0.15) is 0 Å². The number of hydrogen-bond acceptors (Lipinski definition) is 4. The standard InChI is InChI=1S/C35H61NO3Si2/c1-31(2,3)40(9,10)37-24-34-19-20-35(39-34,25-38-41(11,12)32(4,5)6)23-28(22-34)27-13-14-30(36)29(21-27)26-15-17-33(7,8)18-16-26/h13-15,21,28H,16-20,22-25,36H2,1-12H3/t28?,34-,35+. The highest BCUT2D eigenvalue weighted by Gasteiger charge is 2.57. The highest BCUT2D eigenvalue weighted by Crippen LogP contribution is 2.55. The Hall–Kier alpha value is -0.926. The van der Waals surface area contributed by atoms with E-state index >= 15 is 0 Å². The van der Waals surface area contributed by atoms with Gasteiger partial charge in [-0.15, -0.1) is 0 Å². The van der Waals surface area contributed by atoms with Crippen LogP contribution in [0.15, 0.2) is 24.3 Å². The van der Waals surface area contributed by atoms with Crippen LogP contribution < -0.4 is 5.73 Å². The molecule has 1 aromatic carbocycles. The molecule has 41 heavy (non-hydrogen) atoms. The molecule has 2 aliphatic heterocycles. The number of ether oxygens (including phenoxy) is 1. The van der Waals surface area contributed by atoms with Crippen molar-refractivity contribution in [3.63, 3.8) is 0 Å². The number of anilines is 1. The normalized spacial score (nSPS) is 29.0. The first kappa shape index (κ1) is 33.0. The van der Waals surface area contributed by atoms with E-state index in [9.17, 15) is 0 Å². The van der Waals surface area contributed by atoms with Gasteiger partial charge >= 0.3 is 0 Å². The minimum absolute atomic E-state index is 0.174. The van der Waals surface area contributed by atoms with E-state index in [-0.39, 0.29) is 21.3 Å². The Kier molecular flexibility index (Phi) is 8.77. The van der Waals surface area contributed by atoms with Crippen LogP contribution in [0.3, 0.4) is 0 Å². The first-order chi connectivity index (χ1) is 18.6. The zero-order valence-electron chi connectivity index (χ0n) is 28.6. The lowest BCUT2D eigenvalue weighted by molar-refractivity contribution is -0.173. The van der Waals surface area contributed by atoms with Crippen LogP contribution in [0.4, 0.5) is 5.69 Å². The fourth-order valence-electron chi connectivity index (χ4n) is 6.32. The van der Waals surface area contributed by atoms with E-state index in [0.29, 0.717) is 24.5 Å². The molecular weight excluding hydrogens is 539 g/mol. The molecule has 3 aliphatic rings. The molecule has 2 saturated heterocycles. The lowest BCUT2D eigenvalue weighted by atomic mass is 9.75. The smallest absolute Gasteiger partial charge is 0.192 e. The fraction of sp³-hybridized carbons (Fsp3) is 0.771. The molecule has 232 valence electrons. The Balaban J connectivity index is 1.65. The molecule has 2 heterocycles. The number of hydrogen-bond donors (Lipinski definition) is 1. The van der Waals surface area contributed by atoms with Gasteiger partial charge in [-0.1, -0.05) is 67.5 Å². The molecule has 1 aliphatic carbocycles. The number of nitrogen functional groups attached to an aromatic ring is 1. The van der Waals surface area contributed by atoms with Gasteiger partial charge in [0.15, 0.2) is 16.6 Å². The predicted molar refractivity (Wildman–Crippen MR) is 181 cm³/mol. The van der Waals surface area contributed by atoms with Crippen LogP contribution in [0.2, 0.25) is 36.3 Å². The summed E-state index contributed by atoms with van der Waals surface area (Å²) in [5, 5.41) is 0.347. The van der Waals surface area contributed by atoms with Crippen molar-refractivity contribution < 1.29 is 13.6 Å². The SMILES string of the molecule is CC1(C)CC=C(c2cc(C3C[C@@]4(CO[Si](C)(C)C(C)(C)C)CC[C@@](CO[Si](C)(C)C(C)(C)C)(C3)O4)ccc2N)CC1. The van der Waals surface area contributed by atoms with Crippen LogP contribution in [-0.4, -0.2) is 41.1 Å². The van der Waals surface area contributed by atoms with E-state index in [1.54, 1.807) is 0 Å². The summed E-state index contributed by atoms with van der Waals surface area (Å²) in [6.07, 6.45) is 9.95. The van der Waals surface area contributed by atoms with Gasteiger partial charge in [0, 0.05) is 11.3 Å². The van der Waals surface area contributed by atoms with Gasteiger partial charge in [0.25, 0.3) is 0 Å². The summed E-state index contributed by atoms with van der Waals surface area (Å²) in [6, 6.07) is 6.85. The maximum Gasteiger partial charge on any atom is 0.192 e. The molecule has 6 heteroatoms. The lowest BCUT2D eigenvalue weighted by Crippen LogP contribution is -2.53. The minimum atomic E-state index is -1.91. The zero-order chi connectivity index (χ0) is 30.7. The number of fused-ring (bicyclic) bond motifs is 2. The topological polar surface area (TPSA) is 53.7 Å². The van der Waals surface area contributed by atoms with Gasteiger partial charge in [0.2, 0.25) is 0 Å². The van der Waals surface area contributed by atoms with Gasteiger partial charge in [0.05, 0.1) is 24.4 Å². The zero-order valence-corrected chi connectivity index (χ0v) is 30.6. The van der Waals surface area contributed by atoms with Crippen LogP contribution in [0, 0.1) is 5.41 Å². The molecule has 3 atom stereocenters. The Bertz CT molecular complexity index is 1100. The van der Waals surface area contributed by atoms with Crippen LogP contribution in [0.1, 0.15) is 117 Å². The first-order valence-corrected chi connectivity index (χ1v) is 22.0. The molecule has 0 spiro atoms. The monoisotopic (exact) mass is 599 g/mol. The van der Waals surface area contributed by atoms with Crippen molar-refractivity contribution in [3.05, 3.63) is 35.4 Å². The third-order valence-electron chi connectivity index (χ3n) is 11.6. The van der Waals surface area contributed by atoms with Crippen LogP contribution in [-0.2, 0) is 13.6 Å². The summed E-state index contributed by atoms with van der Waals surface area (Å²) in [4.78, 5) is 0. The average Bonchev–Trinajstić information content (AvgIpc) is 3.11. The Labute approximate surface area is 254 Å². The summed E-state index contributed by atoms with van der Waals surface area (Å²) >= 11 is 0. The Morgan fingerprint density at radius 1 is 0.854 bits per heavy atom. The quantitative estimate of drug-likeness (QED) is 0.239. The van der Waals surface area contributed by atoms with Crippen LogP contribution >= 0.6 is 0 Å². The molecule has 2 fully saturated rings. The van der Waals surface area contributed by atoms with E-state index in [1.807, 2.05) is 0 Å². The van der Waals surface area contributed by atoms with Gasteiger partial charge in [0.1, 0.15) is 0 Å². The summed E-state index contributed by atoms with van der Waals surface area (Å²) in [6.45, 7) is 29.5. The molecule has 0 saturated carbocycles. The maximum atomic E-state index is 7.19. The molecule has 0 amide bonds. The molecule has 4 nitrogen and oxygen atoms in total. The van der Waals surface area contributed by atoms with E-state index < -0.39 is 16.6 Å². The second-order valence-electron chi connectivity index (χ2n) is 17.6. The number of nitrogens with two attached hydrogens (primary N) is 1. The second kappa shape index (κ2) is 10.9. The number of benzene rings is 1. The van der Waals surface area contributed by atoms with E-state index in [2.05, 4.69) is 106 Å². The molecule has 2 N–H and O–H groups in total. The Morgan fingerprint density at radius 2 is 1.37 bits per heavy atom. The van der Waals surface area contributed by atoms with Crippen LogP contribution in [0.25, 0.3) is 5.57 Å². The highest BCUT2D eigenvalue weighted by molar-refractivity contribution is 6.74. The molecule has 0 radical (unpaired) electrons. The highest BCUT2D eigenvalue weighted by atomic mass is 28.4. The van der Waals surface area contributed by atoms with Crippen molar-refractivity contribution in [2.75, 3.05) is 18.9 Å². The molecule has 2 bridgehead atoms. The van der Waals surface area contributed by atoms with Crippen molar-refractivity contribution in [1.82, 2.24) is 0 Å². The third-order valence-corrected chi connectivity index (χ3v) is 20.5. The molecule has 0 aromatic heterocycles. The second-order valence-corrected chi connectivity index (χ2v) is 27.2. The Morgan fingerprint density at radius 3 is 1.80 bits per heavy atom. The minimum Gasteiger partial charge on any atom is -0.414 e. The summed E-state index contributed by atoms with van der Waals surface area (Å²) < 4.78 is 21.0. The number of rotatable bonds is 8. The number of allylic oxidation sites excluding steroid dienone is 2. The summed E-state index contributed by atoms with van der Waals surface area (Å²) in [5.74, 6) is 0.400. The largest absolute Gasteiger partial charge is 0.414 e. The van der Waals surface area contributed by atoms with Crippen molar-refractivity contribution in [1.29, 1.82) is 0 Å². The van der Waals surface area contributed by atoms with Gasteiger partial charge in [-0.3, -0.25) is 0 Å². The van der Waals surface area contributed by atoms with Crippen molar-refractivity contribution >= 4 is 27.9 Å². The van der Waals surface area contributed by atoms with Gasteiger partial charge in [-0.25, -0.2) is 0 Å².